The highest BCUT2D eigenvalue weighted by atomic mass is 35.5. The van der Waals surface area contributed by atoms with Crippen LogP contribution in [0.1, 0.15) is 0 Å². The van der Waals surface area contributed by atoms with Crippen molar-refractivity contribution in [1.82, 2.24) is 0 Å². The number of rotatable bonds is 2. The van der Waals surface area contributed by atoms with Gasteiger partial charge in [0.25, 0.3) is 5.96 Å². The van der Waals surface area contributed by atoms with E-state index in [2.05, 4.69) is 25.4 Å². The average molecular weight is 347 g/mol. The first kappa shape index (κ1) is 17.2. The molecule has 0 atom stereocenters. The van der Waals surface area contributed by atoms with Gasteiger partial charge in [-0.3, -0.25) is 0 Å². The van der Waals surface area contributed by atoms with Gasteiger partial charge < -0.3 is 11.6 Å². The zero-order valence-corrected chi connectivity index (χ0v) is 12.9. The van der Waals surface area contributed by atoms with Crippen molar-refractivity contribution in [3.05, 3.63) is 53.3 Å². The summed E-state index contributed by atoms with van der Waals surface area (Å²) in [7, 11) is 0. The van der Waals surface area contributed by atoms with Gasteiger partial charge in [-0.2, -0.15) is 4.99 Å². The number of nitrogens with zero attached hydrogens (tertiary/aromatic N) is 5. The Morgan fingerprint density at radius 2 is 1.88 bits per heavy atom. The van der Waals surface area contributed by atoms with Crippen LogP contribution in [0.25, 0.3) is 11.1 Å². The van der Waals surface area contributed by atoms with Gasteiger partial charge in [-0.15, -0.1) is 5.11 Å². The van der Waals surface area contributed by atoms with Crippen LogP contribution in [0, 0.1) is 11.3 Å². The molecule has 0 radical (unpaired) electrons. The van der Waals surface area contributed by atoms with Crippen LogP contribution >= 0.6 is 11.6 Å². The minimum Gasteiger partial charge on any atom is -0.368 e. The Labute approximate surface area is 141 Å². The first-order valence-corrected chi connectivity index (χ1v) is 6.88. The predicted octanol–water partition coefficient (Wildman–Crippen LogP) is 3.81. The van der Waals surface area contributed by atoms with Crippen molar-refractivity contribution in [2.75, 3.05) is 0 Å². The van der Waals surface area contributed by atoms with E-state index in [1.54, 1.807) is 30.3 Å². The molecule has 0 saturated heterocycles. The van der Waals surface area contributed by atoms with Crippen molar-refractivity contribution >= 4 is 29.2 Å². The Bertz CT molecular complexity index is 846. The third kappa shape index (κ3) is 4.17. The molecule has 0 aromatic heterocycles. The van der Waals surface area contributed by atoms with Gasteiger partial charge in [-0.1, -0.05) is 46.2 Å². The van der Waals surface area contributed by atoms with Gasteiger partial charge in [0, 0.05) is 11.1 Å². The van der Waals surface area contributed by atoms with Crippen molar-refractivity contribution in [3.8, 4) is 11.1 Å². The molecule has 5 N–H and O–H groups in total. The molecule has 0 aliphatic heterocycles. The zero-order valence-electron chi connectivity index (χ0n) is 12.2. The van der Waals surface area contributed by atoms with Gasteiger partial charge in [0.15, 0.2) is 0 Å². The Balaban J connectivity index is 2.35. The number of nitrogens with two attached hydrogens (primary N) is 2. The molecule has 2 rings (SSSR count). The standard InChI is InChI=1S/C14H12ClFN8/c15-11-7-8(20-13(17)21-14(22-18)23-24-19)5-6-9(11)10-3-1-2-4-12(10)16/h1-7,18H,(H4,17,19,20,21,23). The molecule has 0 amide bonds. The molecule has 24 heavy (non-hydrogen) atoms. The van der Waals surface area contributed by atoms with Crippen molar-refractivity contribution in [1.29, 1.82) is 5.53 Å². The fourth-order valence-corrected chi connectivity index (χ4v) is 2.13. The number of nitrogens with one attached hydrogen (secondary N) is 1. The van der Waals surface area contributed by atoms with E-state index in [-0.39, 0.29) is 17.7 Å². The molecule has 0 fully saturated rings. The van der Waals surface area contributed by atoms with Crippen LogP contribution in [-0.4, -0.2) is 11.9 Å². The number of guanidine groups is 2. The van der Waals surface area contributed by atoms with Crippen molar-refractivity contribution in [3.63, 3.8) is 0 Å². The first-order chi connectivity index (χ1) is 11.5. The Morgan fingerprint density at radius 1 is 1.12 bits per heavy atom. The van der Waals surface area contributed by atoms with E-state index < -0.39 is 0 Å². The highest BCUT2D eigenvalue weighted by molar-refractivity contribution is 6.33. The van der Waals surface area contributed by atoms with Crippen molar-refractivity contribution in [2.24, 2.45) is 37.0 Å². The minimum absolute atomic E-state index is 0.219. The van der Waals surface area contributed by atoms with E-state index in [0.29, 0.717) is 21.8 Å². The molecule has 122 valence electrons. The number of halogens is 2. The largest absolute Gasteiger partial charge is 0.368 e. The average Bonchev–Trinajstić information content (AvgIpc) is 2.55. The van der Waals surface area contributed by atoms with Crippen LogP contribution in [0.15, 0.2) is 67.9 Å². The summed E-state index contributed by atoms with van der Waals surface area (Å²) in [5.41, 5.74) is 13.7. The third-order valence-electron chi connectivity index (χ3n) is 2.82. The van der Waals surface area contributed by atoms with Crippen LogP contribution in [0.3, 0.4) is 0 Å². The lowest BCUT2D eigenvalue weighted by Gasteiger charge is -2.06. The number of hydrogen-bond acceptors (Lipinski definition) is 3. The Hall–Kier alpha value is -3.20. The minimum atomic E-state index is -0.381. The lowest BCUT2D eigenvalue weighted by Crippen LogP contribution is -2.10. The fourth-order valence-electron chi connectivity index (χ4n) is 1.85. The van der Waals surface area contributed by atoms with Gasteiger partial charge in [0.1, 0.15) is 5.82 Å². The van der Waals surface area contributed by atoms with E-state index in [9.17, 15) is 4.39 Å². The molecule has 0 aliphatic rings. The lowest BCUT2D eigenvalue weighted by molar-refractivity contribution is 0.631. The predicted molar refractivity (Wildman–Crippen MR) is 89.8 cm³/mol. The summed E-state index contributed by atoms with van der Waals surface area (Å²) < 4.78 is 13.8. The number of benzene rings is 2. The van der Waals surface area contributed by atoms with E-state index in [1.165, 1.54) is 12.1 Å². The van der Waals surface area contributed by atoms with Crippen molar-refractivity contribution < 1.29 is 4.39 Å². The molecule has 8 nitrogen and oxygen atoms in total. The molecule has 0 saturated carbocycles. The molecule has 0 aliphatic carbocycles. The number of hydrogen-bond donors (Lipinski definition) is 3. The molecule has 10 heteroatoms. The number of aliphatic imine (C=N–C) groups is 2. The van der Waals surface area contributed by atoms with Crippen LogP contribution in [-0.2, 0) is 0 Å². The van der Waals surface area contributed by atoms with Gasteiger partial charge in [0.05, 0.1) is 10.7 Å². The summed E-state index contributed by atoms with van der Waals surface area (Å²) in [6.45, 7) is 0. The fraction of sp³-hybridized carbons (Fsp3) is 0. The summed E-state index contributed by atoms with van der Waals surface area (Å²) in [5.74, 6) is 3.89. The molecular formula is C14H12ClFN8. The van der Waals surface area contributed by atoms with Crippen molar-refractivity contribution in [2.45, 2.75) is 0 Å². The topological polar surface area (TPSA) is 138 Å². The Morgan fingerprint density at radius 3 is 2.50 bits per heavy atom. The van der Waals surface area contributed by atoms with E-state index >= 15 is 0 Å². The van der Waals surface area contributed by atoms with Crippen LogP contribution in [0.5, 0.6) is 0 Å². The van der Waals surface area contributed by atoms with Crippen LogP contribution < -0.4 is 11.6 Å². The Kier molecular flexibility index (Phi) is 5.63. The summed E-state index contributed by atoms with van der Waals surface area (Å²) in [5, 5.41) is 9.49. The zero-order chi connectivity index (χ0) is 17.5. The summed E-state index contributed by atoms with van der Waals surface area (Å²) >= 11 is 6.19. The molecule has 0 bridgehead atoms. The third-order valence-corrected chi connectivity index (χ3v) is 3.13. The lowest BCUT2D eigenvalue weighted by atomic mass is 10.0. The van der Waals surface area contributed by atoms with E-state index in [0.717, 1.165) is 0 Å². The quantitative estimate of drug-likeness (QED) is 0.250. The molecule has 0 unspecified atom stereocenters. The maximum Gasteiger partial charge on any atom is 0.292 e. The van der Waals surface area contributed by atoms with E-state index in [1.807, 2.05) is 0 Å². The van der Waals surface area contributed by atoms with E-state index in [4.69, 9.17) is 28.7 Å². The van der Waals surface area contributed by atoms with Gasteiger partial charge in [-0.25, -0.2) is 14.9 Å². The normalized spacial score (nSPS) is 12.6. The summed E-state index contributed by atoms with van der Waals surface area (Å²) in [6.07, 6.45) is 0. The van der Waals surface area contributed by atoms with Crippen LogP contribution in [0.2, 0.25) is 5.02 Å². The highest BCUT2D eigenvalue weighted by Crippen LogP contribution is 2.32. The second-order valence-corrected chi connectivity index (χ2v) is 4.76. The molecular weight excluding hydrogens is 335 g/mol. The van der Waals surface area contributed by atoms with Crippen LogP contribution in [0.4, 0.5) is 10.1 Å². The summed E-state index contributed by atoms with van der Waals surface area (Å²) in [6, 6.07) is 11.0. The molecule has 0 spiro atoms. The second-order valence-electron chi connectivity index (χ2n) is 4.35. The summed E-state index contributed by atoms with van der Waals surface area (Å²) in [4.78, 5) is 7.64. The molecule has 2 aromatic rings. The van der Waals surface area contributed by atoms with Gasteiger partial charge in [-0.05, 0) is 18.2 Å². The van der Waals surface area contributed by atoms with Gasteiger partial charge >= 0.3 is 0 Å². The highest BCUT2D eigenvalue weighted by Gasteiger charge is 2.09. The molecule has 0 heterocycles. The first-order valence-electron chi connectivity index (χ1n) is 6.51. The van der Waals surface area contributed by atoms with Gasteiger partial charge in [0.2, 0.25) is 5.96 Å². The molecule has 2 aromatic carbocycles. The smallest absolute Gasteiger partial charge is 0.292 e. The second kappa shape index (κ2) is 7.88. The SMILES string of the molecule is N=NC(N=NN)=NC(N)=Nc1ccc(-c2ccccc2F)c(Cl)c1. The monoisotopic (exact) mass is 346 g/mol. The maximum absolute atomic E-state index is 13.8. The maximum atomic E-state index is 13.8.